The summed E-state index contributed by atoms with van der Waals surface area (Å²) in [5, 5.41) is 3.34. The Morgan fingerprint density at radius 1 is 1.21 bits per heavy atom. The van der Waals surface area contributed by atoms with Crippen LogP contribution in [0.25, 0.3) is 0 Å². The Kier molecular flexibility index (Phi) is 4.30. The smallest absolute Gasteiger partial charge is 0.148 e. The quantitative estimate of drug-likeness (QED) is 0.566. The van der Waals surface area contributed by atoms with Crippen LogP contribution in [0.4, 0.5) is 11.6 Å². The van der Waals surface area contributed by atoms with E-state index in [9.17, 15) is 0 Å². The highest BCUT2D eigenvalue weighted by Crippen LogP contribution is 2.20. The minimum atomic E-state index is 0.671. The minimum absolute atomic E-state index is 0.671. The molecule has 0 aliphatic rings. The van der Waals surface area contributed by atoms with Gasteiger partial charge in [-0.05, 0) is 18.9 Å². The van der Waals surface area contributed by atoms with Crippen LogP contribution in [0.15, 0.2) is 30.6 Å². The summed E-state index contributed by atoms with van der Waals surface area (Å²) in [6, 6.07) is 8.39. The lowest BCUT2D eigenvalue weighted by Gasteiger charge is -2.12. The number of hydrazine groups is 1. The van der Waals surface area contributed by atoms with E-state index >= 15 is 0 Å². The van der Waals surface area contributed by atoms with E-state index < -0.39 is 0 Å². The Labute approximate surface area is 113 Å². The lowest BCUT2D eigenvalue weighted by atomic mass is 10.1. The monoisotopic (exact) mass is 257 g/mol. The normalized spacial score (nSPS) is 10.3. The molecule has 0 spiro atoms. The van der Waals surface area contributed by atoms with E-state index in [0.717, 1.165) is 24.3 Å². The SMILES string of the molecule is CCc1c(NN)ncnc1NCc1cccc(C)c1. The van der Waals surface area contributed by atoms with Crippen LogP contribution in [0.1, 0.15) is 23.6 Å². The van der Waals surface area contributed by atoms with Gasteiger partial charge in [-0.1, -0.05) is 36.8 Å². The van der Waals surface area contributed by atoms with Crippen LogP contribution < -0.4 is 16.6 Å². The van der Waals surface area contributed by atoms with Gasteiger partial charge in [0.25, 0.3) is 0 Å². The predicted octanol–water partition coefficient (Wildman–Crippen LogP) is 2.25. The third-order valence-electron chi connectivity index (χ3n) is 2.98. The summed E-state index contributed by atoms with van der Waals surface area (Å²) in [4.78, 5) is 8.39. The van der Waals surface area contributed by atoms with Crippen LogP contribution in [-0.2, 0) is 13.0 Å². The number of nitrogens with one attached hydrogen (secondary N) is 2. The third-order valence-corrected chi connectivity index (χ3v) is 2.98. The zero-order valence-electron chi connectivity index (χ0n) is 11.3. The standard InChI is InChI=1S/C14H19N5/c1-3-12-13(17-9-18-14(12)19-15)16-8-11-6-4-5-10(2)7-11/h4-7,9H,3,8,15H2,1-2H3,(H2,16,17,18,19). The number of aryl methyl sites for hydroxylation is 1. The van der Waals surface area contributed by atoms with Crippen LogP contribution in [0.2, 0.25) is 0 Å². The average Bonchev–Trinajstić information content (AvgIpc) is 2.44. The molecule has 0 radical (unpaired) electrons. The van der Waals surface area contributed by atoms with Gasteiger partial charge in [0.05, 0.1) is 0 Å². The van der Waals surface area contributed by atoms with Gasteiger partial charge in [-0.2, -0.15) is 0 Å². The lowest BCUT2D eigenvalue weighted by Crippen LogP contribution is -2.14. The first-order chi connectivity index (χ1) is 9.24. The van der Waals surface area contributed by atoms with Crippen molar-refractivity contribution in [3.63, 3.8) is 0 Å². The third kappa shape index (κ3) is 3.20. The molecule has 0 aliphatic carbocycles. The van der Waals surface area contributed by atoms with E-state index in [1.54, 1.807) is 0 Å². The Morgan fingerprint density at radius 3 is 2.68 bits per heavy atom. The molecule has 5 nitrogen and oxygen atoms in total. The summed E-state index contributed by atoms with van der Waals surface area (Å²) < 4.78 is 0. The Balaban J connectivity index is 2.15. The van der Waals surface area contributed by atoms with Crippen LogP contribution in [0, 0.1) is 6.92 Å². The van der Waals surface area contributed by atoms with Crippen molar-refractivity contribution in [2.24, 2.45) is 5.84 Å². The van der Waals surface area contributed by atoms with E-state index in [2.05, 4.69) is 58.8 Å². The summed E-state index contributed by atoms with van der Waals surface area (Å²) >= 11 is 0. The van der Waals surface area contributed by atoms with Crippen LogP contribution in [0.5, 0.6) is 0 Å². The molecule has 0 saturated heterocycles. The van der Waals surface area contributed by atoms with Gasteiger partial charge in [0.1, 0.15) is 18.0 Å². The number of hydrogen-bond donors (Lipinski definition) is 3. The number of anilines is 2. The number of aromatic nitrogens is 2. The summed E-state index contributed by atoms with van der Waals surface area (Å²) in [5.74, 6) is 6.95. The van der Waals surface area contributed by atoms with Crippen molar-refractivity contribution < 1.29 is 0 Å². The number of nitrogens with zero attached hydrogens (tertiary/aromatic N) is 2. The molecule has 0 atom stereocenters. The summed E-state index contributed by atoms with van der Waals surface area (Å²) in [7, 11) is 0. The molecule has 0 aliphatic heterocycles. The molecule has 0 amide bonds. The Bertz CT molecular complexity index is 553. The molecule has 0 saturated carbocycles. The fraction of sp³-hybridized carbons (Fsp3) is 0.286. The van der Waals surface area contributed by atoms with Crippen LogP contribution in [-0.4, -0.2) is 9.97 Å². The van der Waals surface area contributed by atoms with E-state index in [-0.39, 0.29) is 0 Å². The second kappa shape index (κ2) is 6.15. The number of nitrogens with two attached hydrogens (primary N) is 1. The first-order valence-electron chi connectivity index (χ1n) is 6.34. The minimum Gasteiger partial charge on any atom is -0.366 e. The van der Waals surface area contributed by atoms with Crippen molar-refractivity contribution >= 4 is 11.6 Å². The molecule has 2 aromatic rings. The second-order valence-electron chi connectivity index (χ2n) is 4.39. The van der Waals surface area contributed by atoms with E-state index in [1.165, 1.54) is 17.5 Å². The van der Waals surface area contributed by atoms with Gasteiger partial charge in [0, 0.05) is 12.1 Å². The molecule has 1 heterocycles. The maximum atomic E-state index is 5.45. The van der Waals surface area contributed by atoms with Gasteiger partial charge in [0.15, 0.2) is 0 Å². The number of nitrogen functional groups attached to an aromatic ring is 1. The van der Waals surface area contributed by atoms with Crippen LogP contribution >= 0.6 is 0 Å². The summed E-state index contributed by atoms with van der Waals surface area (Å²) in [6.45, 7) is 4.87. The zero-order chi connectivity index (χ0) is 13.7. The maximum Gasteiger partial charge on any atom is 0.148 e. The van der Waals surface area contributed by atoms with Gasteiger partial charge in [-0.15, -0.1) is 0 Å². The molecule has 0 fully saturated rings. The second-order valence-corrected chi connectivity index (χ2v) is 4.39. The first kappa shape index (κ1) is 13.3. The van der Waals surface area contributed by atoms with Gasteiger partial charge < -0.3 is 10.7 Å². The number of hydrogen-bond acceptors (Lipinski definition) is 5. The average molecular weight is 257 g/mol. The van der Waals surface area contributed by atoms with Crippen molar-refractivity contribution in [1.82, 2.24) is 9.97 Å². The van der Waals surface area contributed by atoms with Crippen molar-refractivity contribution in [1.29, 1.82) is 0 Å². The molecule has 2 rings (SSSR count). The van der Waals surface area contributed by atoms with Crippen molar-refractivity contribution in [3.05, 3.63) is 47.3 Å². The van der Waals surface area contributed by atoms with E-state index in [0.29, 0.717) is 5.82 Å². The van der Waals surface area contributed by atoms with Gasteiger partial charge in [-0.25, -0.2) is 15.8 Å². The topological polar surface area (TPSA) is 75.9 Å². The largest absolute Gasteiger partial charge is 0.366 e. The lowest BCUT2D eigenvalue weighted by molar-refractivity contribution is 1.00. The highest BCUT2D eigenvalue weighted by atomic mass is 15.3. The van der Waals surface area contributed by atoms with Gasteiger partial charge in [-0.3, -0.25) is 0 Å². The number of benzene rings is 1. The van der Waals surface area contributed by atoms with Crippen molar-refractivity contribution in [2.45, 2.75) is 26.8 Å². The molecule has 0 unspecified atom stereocenters. The molecule has 1 aromatic carbocycles. The molecule has 5 heteroatoms. The summed E-state index contributed by atoms with van der Waals surface area (Å²) in [5.41, 5.74) is 6.08. The molecule has 100 valence electrons. The first-order valence-corrected chi connectivity index (χ1v) is 6.34. The van der Waals surface area contributed by atoms with Gasteiger partial charge >= 0.3 is 0 Å². The molecule has 4 N–H and O–H groups in total. The Morgan fingerprint density at radius 2 is 2.00 bits per heavy atom. The maximum absolute atomic E-state index is 5.45. The number of rotatable bonds is 5. The Hall–Kier alpha value is -2.14. The zero-order valence-corrected chi connectivity index (χ0v) is 11.3. The molecule has 0 bridgehead atoms. The summed E-state index contributed by atoms with van der Waals surface area (Å²) in [6.07, 6.45) is 2.32. The highest BCUT2D eigenvalue weighted by Gasteiger charge is 2.08. The highest BCUT2D eigenvalue weighted by molar-refractivity contribution is 5.56. The fourth-order valence-electron chi connectivity index (χ4n) is 2.03. The molecular weight excluding hydrogens is 238 g/mol. The fourth-order valence-corrected chi connectivity index (χ4v) is 2.03. The van der Waals surface area contributed by atoms with Crippen molar-refractivity contribution in [2.75, 3.05) is 10.7 Å². The van der Waals surface area contributed by atoms with E-state index in [4.69, 9.17) is 5.84 Å². The molecular formula is C14H19N5. The van der Waals surface area contributed by atoms with Crippen molar-refractivity contribution in [3.8, 4) is 0 Å². The van der Waals surface area contributed by atoms with Gasteiger partial charge in [0.2, 0.25) is 0 Å². The predicted molar refractivity (Wildman–Crippen MR) is 77.7 cm³/mol. The van der Waals surface area contributed by atoms with E-state index in [1.807, 2.05) is 0 Å². The van der Waals surface area contributed by atoms with Crippen LogP contribution in [0.3, 0.4) is 0 Å². The molecule has 19 heavy (non-hydrogen) atoms. The molecule has 1 aromatic heterocycles.